The third kappa shape index (κ3) is 2.08. The van der Waals surface area contributed by atoms with Crippen LogP contribution < -0.4 is 21.1 Å². The van der Waals surface area contributed by atoms with Crippen molar-refractivity contribution in [2.24, 2.45) is 5.41 Å². The first-order valence-corrected chi connectivity index (χ1v) is 6.16. The van der Waals surface area contributed by atoms with Crippen LogP contribution in [-0.2, 0) is 4.79 Å². The highest BCUT2D eigenvalue weighted by Crippen LogP contribution is 2.45. The molecule has 4 N–H and O–H groups in total. The van der Waals surface area contributed by atoms with Gasteiger partial charge in [-0.3, -0.25) is 4.79 Å². The van der Waals surface area contributed by atoms with Gasteiger partial charge in [-0.05, 0) is 24.3 Å². The van der Waals surface area contributed by atoms with Crippen molar-refractivity contribution < 1.29 is 9.53 Å². The quantitative estimate of drug-likeness (QED) is 0.712. The average molecular weight is 247 g/mol. The summed E-state index contributed by atoms with van der Waals surface area (Å²) in [5, 5.41) is 6.13. The Morgan fingerprint density at radius 3 is 3.00 bits per heavy atom. The molecule has 0 spiro atoms. The molecule has 0 atom stereocenters. The Morgan fingerprint density at radius 2 is 2.28 bits per heavy atom. The molecule has 18 heavy (non-hydrogen) atoms. The van der Waals surface area contributed by atoms with Crippen molar-refractivity contribution in [1.82, 2.24) is 0 Å². The van der Waals surface area contributed by atoms with E-state index in [1.54, 1.807) is 6.07 Å². The Kier molecular flexibility index (Phi) is 2.36. The average Bonchev–Trinajstić information content (AvgIpc) is 3.06. The minimum Gasteiger partial charge on any atom is -0.482 e. The topological polar surface area (TPSA) is 76.4 Å². The van der Waals surface area contributed by atoms with Crippen LogP contribution in [0.25, 0.3) is 0 Å². The molecule has 96 valence electrons. The van der Waals surface area contributed by atoms with Crippen LogP contribution in [0, 0.1) is 5.41 Å². The Labute approximate surface area is 106 Å². The van der Waals surface area contributed by atoms with Crippen LogP contribution in [0.5, 0.6) is 5.75 Å². The van der Waals surface area contributed by atoms with Gasteiger partial charge in [0.1, 0.15) is 5.75 Å². The summed E-state index contributed by atoms with van der Waals surface area (Å²) < 4.78 is 5.31. The summed E-state index contributed by atoms with van der Waals surface area (Å²) in [6.45, 7) is 3.21. The second kappa shape index (κ2) is 3.80. The van der Waals surface area contributed by atoms with Crippen molar-refractivity contribution in [2.75, 3.05) is 29.5 Å². The first-order valence-electron chi connectivity index (χ1n) is 6.16. The van der Waals surface area contributed by atoms with Gasteiger partial charge in [0, 0.05) is 12.6 Å². The number of carbonyl (C=O) groups is 1. The van der Waals surface area contributed by atoms with Crippen molar-refractivity contribution >= 4 is 23.0 Å². The largest absolute Gasteiger partial charge is 0.482 e. The Balaban J connectivity index is 1.81. The minimum atomic E-state index is -0.132. The van der Waals surface area contributed by atoms with E-state index >= 15 is 0 Å². The van der Waals surface area contributed by atoms with Gasteiger partial charge in [-0.15, -0.1) is 0 Å². The molecular weight excluding hydrogens is 230 g/mol. The first kappa shape index (κ1) is 11.2. The van der Waals surface area contributed by atoms with E-state index < -0.39 is 0 Å². The Morgan fingerprint density at radius 1 is 1.50 bits per heavy atom. The molecule has 0 aromatic heterocycles. The highest BCUT2D eigenvalue weighted by atomic mass is 16.5. The van der Waals surface area contributed by atoms with Crippen molar-refractivity contribution in [2.45, 2.75) is 19.8 Å². The van der Waals surface area contributed by atoms with Gasteiger partial charge in [0.2, 0.25) is 0 Å². The zero-order valence-corrected chi connectivity index (χ0v) is 10.4. The number of nitrogen functional groups attached to an aromatic ring is 1. The monoisotopic (exact) mass is 247 g/mol. The number of nitrogens with two attached hydrogens (primary N) is 1. The molecule has 1 aromatic carbocycles. The number of amides is 1. The molecule has 5 heteroatoms. The SMILES string of the molecule is CC1(CNc2cc3c(cc2N)OCC(=O)N3)CC1. The highest BCUT2D eigenvalue weighted by Gasteiger charge is 2.36. The molecule has 1 aliphatic heterocycles. The fourth-order valence-corrected chi connectivity index (χ4v) is 1.99. The lowest BCUT2D eigenvalue weighted by Gasteiger charge is -2.21. The van der Waals surface area contributed by atoms with E-state index in [0.29, 0.717) is 22.5 Å². The summed E-state index contributed by atoms with van der Waals surface area (Å²) in [5.41, 5.74) is 8.56. The van der Waals surface area contributed by atoms with Crippen LogP contribution in [0.3, 0.4) is 0 Å². The van der Waals surface area contributed by atoms with E-state index in [4.69, 9.17) is 10.5 Å². The molecule has 0 bridgehead atoms. The highest BCUT2D eigenvalue weighted by molar-refractivity contribution is 5.97. The number of nitrogens with one attached hydrogen (secondary N) is 2. The number of ether oxygens (including phenoxy) is 1. The molecule has 1 saturated carbocycles. The zero-order chi connectivity index (χ0) is 12.8. The van der Waals surface area contributed by atoms with E-state index in [1.807, 2.05) is 6.07 Å². The van der Waals surface area contributed by atoms with Gasteiger partial charge < -0.3 is 21.1 Å². The summed E-state index contributed by atoms with van der Waals surface area (Å²) in [4.78, 5) is 11.3. The molecule has 1 fully saturated rings. The first-order chi connectivity index (χ1) is 8.56. The van der Waals surface area contributed by atoms with Crippen LogP contribution in [0.2, 0.25) is 0 Å². The molecule has 2 aliphatic rings. The molecule has 5 nitrogen and oxygen atoms in total. The number of hydrogen-bond acceptors (Lipinski definition) is 4. The Hall–Kier alpha value is -1.91. The van der Waals surface area contributed by atoms with E-state index in [1.165, 1.54) is 12.8 Å². The summed E-state index contributed by atoms with van der Waals surface area (Å²) in [5.74, 6) is 0.502. The fourth-order valence-electron chi connectivity index (χ4n) is 1.99. The molecule has 1 aromatic rings. The van der Waals surface area contributed by atoms with Crippen LogP contribution in [-0.4, -0.2) is 19.1 Å². The number of hydrogen-bond donors (Lipinski definition) is 3. The number of benzene rings is 1. The van der Waals surface area contributed by atoms with Crippen molar-refractivity contribution in [3.63, 3.8) is 0 Å². The maximum atomic E-state index is 11.3. The smallest absolute Gasteiger partial charge is 0.262 e. The van der Waals surface area contributed by atoms with E-state index in [2.05, 4.69) is 17.6 Å². The molecular formula is C13H17N3O2. The molecule has 1 heterocycles. The standard InChI is InChI=1S/C13H17N3O2/c1-13(2-3-13)7-15-9-5-10-11(4-8(9)14)18-6-12(17)16-10/h4-5,15H,2-3,6-7,14H2,1H3,(H,16,17). The van der Waals surface area contributed by atoms with E-state index in [9.17, 15) is 4.79 Å². The van der Waals surface area contributed by atoms with Gasteiger partial charge in [-0.2, -0.15) is 0 Å². The molecule has 3 rings (SSSR count). The fraction of sp³-hybridized carbons (Fsp3) is 0.462. The van der Waals surface area contributed by atoms with Crippen molar-refractivity contribution in [3.8, 4) is 5.75 Å². The number of carbonyl (C=O) groups excluding carboxylic acids is 1. The minimum absolute atomic E-state index is 0.0529. The van der Waals surface area contributed by atoms with Gasteiger partial charge in [-0.1, -0.05) is 6.92 Å². The molecule has 1 amide bonds. The summed E-state index contributed by atoms with van der Waals surface area (Å²) in [7, 11) is 0. The molecule has 0 radical (unpaired) electrons. The van der Waals surface area contributed by atoms with Crippen LogP contribution >= 0.6 is 0 Å². The second-order valence-electron chi connectivity index (χ2n) is 5.44. The number of fused-ring (bicyclic) bond motifs is 1. The predicted octanol–water partition coefficient (Wildman–Crippen LogP) is 1.81. The third-order valence-electron chi connectivity index (χ3n) is 3.59. The summed E-state index contributed by atoms with van der Waals surface area (Å²) >= 11 is 0. The molecule has 0 saturated heterocycles. The summed E-state index contributed by atoms with van der Waals surface area (Å²) in [6.07, 6.45) is 2.51. The zero-order valence-electron chi connectivity index (χ0n) is 10.4. The number of anilines is 3. The van der Waals surface area contributed by atoms with Gasteiger partial charge >= 0.3 is 0 Å². The van der Waals surface area contributed by atoms with Crippen LogP contribution in [0.4, 0.5) is 17.1 Å². The van der Waals surface area contributed by atoms with Crippen molar-refractivity contribution in [3.05, 3.63) is 12.1 Å². The summed E-state index contributed by atoms with van der Waals surface area (Å²) in [6, 6.07) is 3.60. The normalized spacial score (nSPS) is 19.5. The van der Waals surface area contributed by atoms with Gasteiger partial charge in [0.05, 0.1) is 17.1 Å². The van der Waals surface area contributed by atoms with Gasteiger partial charge in [0.25, 0.3) is 5.91 Å². The van der Waals surface area contributed by atoms with Gasteiger partial charge in [-0.25, -0.2) is 0 Å². The molecule has 0 unspecified atom stereocenters. The lowest BCUT2D eigenvalue weighted by Crippen LogP contribution is -2.25. The third-order valence-corrected chi connectivity index (χ3v) is 3.59. The van der Waals surface area contributed by atoms with Crippen LogP contribution in [0.1, 0.15) is 19.8 Å². The lowest BCUT2D eigenvalue weighted by atomic mass is 10.1. The van der Waals surface area contributed by atoms with E-state index in [-0.39, 0.29) is 12.5 Å². The second-order valence-corrected chi connectivity index (χ2v) is 5.44. The van der Waals surface area contributed by atoms with Crippen molar-refractivity contribution in [1.29, 1.82) is 0 Å². The number of rotatable bonds is 3. The lowest BCUT2D eigenvalue weighted by molar-refractivity contribution is -0.118. The molecule has 1 aliphatic carbocycles. The van der Waals surface area contributed by atoms with Gasteiger partial charge in [0.15, 0.2) is 6.61 Å². The van der Waals surface area contributed by atoms with E-state index in [0.717, 1.165) is 12.2 Å². The Bertz CT molecular complexity index is 509. The maximum absolute atomic E-state index is 11.3. The maximum Gasteiger partial charge on any atom is 0.262 e. The predicted molar refractivity (Wildman–Crippen MR) is 70.8 cm³/mol. The van der Waals surface area contributed by atoms with Crippen LogP contribution in [0.15, 0.2) is 12.1 Å².